The molecule has 1 fully saturated rings. The quantitative estimate of drug-likeness (QED) is 0.0292. The molecule has 0 aromatic rings. The number of unbranched alkanes of at least 4 members (excludes halogenated alkanes) is 12. The zero-order chi connectivity index (χ0) is 39.5. The molecule has 0 spiro atoms. The van der Waals surface area contributed by atoms with Crippen LogP contribution in [0.2, 0.25) is 0 Å². The summed E-state index contributed by atoms with van der Waals surface area (Å²) in [5.41, 5.74) is 0. The molecule has 1 saturated heterocycles. The Kier molecular flexibility index (Phi) is 31.9. The van der Waals surface area contributed by atoms with Crippen LogP contribution in [0, 0.1) is 0 Å². The number of hydrogen-bond acceptors (Lipinski definition) is 10. The predicted molar refractivity (Wildman–Crippen MR) is 215 cm³/mol. The van der Waals surface area contributed by atoms with Gasteiger partial charge in [0.1, 0.15) is 31.0 Å². The highest BCUT2D eigenvalue weighted by Gasteiger charge is 2.44. The van der Waals surface area contributed by atoms with Crippen LogP contribution in [0.15, 0.2) is 60.8 Å². The lowest BCUT2D eigenvalue weighted by Crippen LogP contribution is -2.59. The number of ether oxygens (including phenoxy) is 4. The van der Waals surface area contributed by atoms with Crippen LogP contribution >= 0.6 is 0 Å². The lowest BCUT2D eigenvalue weighted by molar-refractivity contribution is -0.305. The van der Waals surface area contributed by atoms with Crippen molar-refractivity contribution in [2.45, 2.75) is 185 Å². The third kappa shape index (κ3) is 26.2. The van der Waals surface area contributed by atoms with E-state index in [1.165, 1.54) is 64.2 Å². The Bertz CT molecular complexity index is 1070. The molecule has 0 bridgehead atoms. The zero-order valence-corrected chi connectivity index (χ0v) is 33.4. The summed E-state index contributed by atoms with van der Waals surface area (Å²) in [5.74, 6) is -0.909. The van der Waals surface area contributed by atoms with E-state index in [-0.39, 0.29) is 26.1 Å². The van der Waals surface area contributed by atoms with E-state index in [1.54, 1.807) is 0 Å². The molecule has 1 aliphatic heterocycles. The van der Waals surface area contributed by atoms with Gasteiger partial charge in [-0.2, -0.15) is 0 Å². The standard InChI is InChI=1S/C44H74O10/c1-3-5-7-9-11-13-15-16-17-18-19-20-21-22-23-25-26-28-30-32-39(46)51-35-37(36-52-44-43(50)42(49)41(48)38(34-45)54-44)53-40(47)33-31-29-27-24-14-12-10-8-6-4-2/h11,13,16-17,19-20,22-23,26,28,37-38,41-45,48-50H,3-10,12,14-15,18,21,24-25,27,29-36H2,1-2H3/b13-11+,17-16+,20-19+,23-22+,28-26+/t37-,38-,41+,42?,43?,44-/m0/s1. The van der Waals surface area contributed by atoms with Crippen molar-refractivity contribution in [3.63, 3.8) is 0 Å². The van der Waals surface area contributed by atoms with Gasteiger partial charge >= 0.3 is 11.9 Å². The van der Waals surface area contributed by atoms with Crippen LogP contribution in [-0.2, 0) is 28.5 Å². The minimum absolute atomic E-state index is 0.151. The fourth-order valence-corrected chi connectivity index (χ4v) is 5.82. The summed E-state index contributed by atoms with van der Waals surface area (Å²) in [7, 11) is 0. The molecule has 1 heterocycles. The Morgan fingerprint density at radius 1 is 0.574 bits per heavy atom. The number of allylic oxidation sites excluding steroid dienone is 10. The zero-order valence-electron chi connectivity index (χ0n) is 33.4. The Hall–Kier alpha value is -2.60. The first-order valence-electron chi connectivity index (χ1n) is 20.9. The van der Waals surface area contributed by atoms with E-state index < -0.39 is 55.4 Å². The molecule has 0 saturated carbocycles. The van der Waals surface area contributed by atoms with Crippen molar-refractivity contribution < 1.29 is 49.0 Å². The molecule has 0 amide bonds. The van der Waals surface area contributed by atoms with Crippen molar-refractivity contribution in [2.24, 2.45) is 0 Å². The van der Waals surface area contributed by atoms with Gasteiger partial charge < -0.3 is 39.4 Å². The molecule has 0 aromatic heterocycles. The van der Waals surface area contributed by atoms with Gasteiger partial charge in [0.25, 0.3) is 0 Å². The summed E-state index contributed by atoms with van der Waals surface area (Å²) in [6.45, 7) is 3.28. The largest absolute Gasteiger partial charge is 0.462 e. The van der Waals surface area contributed by atoms with E-state index in [1.807, 2.05) is 12.2 Å². The maximum Gasteiger partial charge on any atom is 0.306 e. The van der Waals surface area contributed by atoms with Crippen molar-refractivity contribution in [1.82, 2.24) is 0 Å². The first kappa shape index (κ1) is 49.4. The minimum Gasteiger partial charge on any atom is -0.462 e. The SMILES string of the molecule is CCCCC/C=C/C/C=C/C/C=C/C/C=C/C/C=C/CCC(=O)OC[C@@H](CO[C@H]1O[C@@H](CO)[C@@H](O)C(O)C1O)OC(=O)CCCCCCCCCCCC. The number of esters is 2. The summed E-state index contributed by atoms with van der Waals surface area (Å²) >= 11 is 0. The van der Waals surface area contributed by atoms with E-state index in [2.05, 4.69) is 62.5 Å². The number of carbonyl (C=O) groups is 2. The second-order valence-corrected chi connectivity index (χ2v) is 14.1. The summed E-state index contributed by atoms with van der Waals surface area (Å²) < 4.78 is 22.0. The number of aliphatic hydroxyl groups excluding tert-OH is 4. The molecule has 1 aliphatic rings. The fourth-order valence-electron chi connectivity index (χ4n) is 5.82. The number of aliphatic hydroxyl groups is 4. The highest BCUT2D eigenvalue weighted by atomic mass is 16.7. The first-order valence-corrected chi connectivity index (χ1v) is 20.9. The molecule has 0 aliphatic carbocycles. The van der Waals surface area contributed by atoms with Gasteiger partial charge in [-0.3, -0.25) is 9.59 Å². The molecule has 1 rings (SSSR count). The Morgan fingerprint density at radius 2 is 1.07 bits per heavy atom. The molecule has 10 heteroatoms. The summed E-state index contributed by atoms with van der Waals surface area (Å²) in [6, 6.07) is 0. The van der Waals surface area contributed by atoms with Crippen molar-refractivity contribution in [3.05, 3.63) is 60.8 Å². The lowest BCUT2D eigenvalue weighted by Gasteiger charge is -2.39. The molecule has 2 unspecified atom stereocenters. The van der Waals surface area contributed by atoms with Crippen molar-refractivity contribution in [3.8, 4) is 0 Å². The van der Waals surface area contributed by atoms with E-state index in [4.69, 9.17) is 18.9 Å². The number of rotatable bonds is 33. The van der Waals surface area contributed by atoms with Crippen LogP contribution in [0.4, 0.5) is 0 Å². The van der Waals surface area contributed by atoms with Crippen LogP contribution in [0.3, 0.4) is 0 Å². The molecule has 0 radical (unpaired) electrons. The molecule has 6 atom stereocenters. The molecular formula is C44H74O10. The summed E-state index contributed by atoms with van der Waals surface area (Å²) in [6.07, 6.45) is 33.9. The van der Waals surface area contributed by atoms with Crippen molar-refractivity contribution in [1.29, 1.82) is 0 Å². The minimum atomic E-state index is -1.61. The Morgan fingerprint density at radius 3 is 1.63 bits per heavy atom. The van der Waals surface area contributed by atoms with E-state index in [9.17, 15) is 30.0 Å². The van der Waals surface area contributed by atoms with Crippen LogP contribution in [0.5, 0.6) is 0 Å². The number of carbonyl (C=O) groups excluding carboxylic acids is 2. The maximum absolute atomic E-state index is 12.7. The molecule has 0 aromatic carbocycles. The second kappa shape index (κ2) is 34.9. The van der Waals surface area contributed by atoms with Gasteiger partial charge in [-0.15, -0.1) is 0 Å². The third-order valence-corrected chi connectivity index (χ3v) is 9.17. The summed E-state index contributed by atoms with van der Waals surface area (Å²) in [4.78, 5) is 25.2. The topological polar surface area (TPSA) is 152 Å². The van der Waals surface area contributed by atoms with E-state index >= 15 is 0 Å². The Balaban J connectivity index is 2.40. The van der Waals surface area contributed by atoms with Gasteiger partial charge in [0.2, 0.25) is 0 Å². The monoisotopic (exact) mass is 763 g/mol. The van der Waals surface area contributed by atoms with Gasteiger partial charge in [-0.1, -0.05) is 145 Å². The molecule has 4 N–H and O–H groups in total. The van der Waals surface area contributed by atoms with Crippen LogP contribution < -0.4 is 0 Å². The van der Waals surface area contributed by atoms with Gasteiger partial charge in [-0.25, -0.2) is 0 Å². The molecule has 310 valence electrons. The fraction of sp³-hybridized carbons (Fsp3) is 0.727. The van der Waals surface area contributed by atoms with Gasteiger partial charge in [0, 0.05) is 12.8 Å². The highest BCUT2D eigenvalue weighted by Crippen LogP contribution is 2.22. The molecule has 10 nitrogen and oxygen atoms in total. The van der Waals surface area contributed by atoms with Gasteiger partial charge in [0.15, 0.2) is 12.4 Å². The maximum atomic E-state index is 12.7. The predicted octanol–water partition coefficient (Wildman–Crippen LogP) is 8.27. The Labute approximate surface area is 326 Å². The number of hydrogen-bond donors (Lipinski definition) is 4. The third-order valence-electron chi connectivity index (χ3n) is 9.17. The van der Waals surface area contributed by atoms with E-state index in [0.29, 0.717) is 12.8 Å². The highest BCUT2D eigenvalue weighted by molar-refractivity contribution is 5.70. The van der Waals surface area contributed by atoms with Crippen LogP contribution in [0.1, 0.15) is 149 Å². The first-order chi connectivity index (χ1) is 26.3. The van der Waals surface area contributed by atoms with Crippen LogP contribution in [0.25, 0.3) is 0 Å². The summed E-state index contributed by atoms with van der Waals surface area (Å²) in [5, 5.41) is 39.9. The van der Waals surface area contributed by atoms with Gasteiger partial charge in [-0.05, 0) is 51.4 Å². The van der Waals surface area contributed by atoms with Crippen molar-refractivity contribution >= 4 is 11.9 Å². The van der Waals surface area contributed by atoms with Crippen molar-refractivity contribution in [2.75, 3.05) is 19.8 Å². The molecular weight excluding hydrogens is 688 g/mol. The average molecular weight is 763 g/mol. The van der Waals surface area contributed by atoms with Gasteiger partial charge in [0.05, 0.1) is 13.2 Å². The average Bonchev–Trinajstić information content (AvgIpc) is 3.17. The van der Waals surface area contributed by atoms with Crippen LogP contribution in [-0.4, -0.2) is 89.0 Å². The molecule has 54 heavy (non-hydrogen) atoms. The lowest BCUT2D eigenvalue weighted by atomic mass is 9.99. The van der Waals surface area contributed by atoms with E-state index in [0.717, 1.165) is 44.9 Å². The normalized spacial score (nSPS) is 21.3. The smallest absolute Gasteiger partial charge is 0.306 e. The second-order valence-electron chi connectivity index (χ2n) is 14.1.